The van der Waals surface area contributed by atoms with E-state index in [0.29, 0.717) is 17.2 Å². The molecule has 150 valence electrons. The van der Waals surface area contributed by atoms with Gasteiger partial charge in [-0.2, -0.15) is 0 Å². The fourth-order valence-electron chi connectivity index (χ4n) is 3.01. The van der Waals surface area contributed by atoms with Crippen molar-refractivity contribution in [1.82, 2.24) is 10.3 Å². The number of nitrogens with zero attached hydrogens (tertiary/aromatic N) is 1. The number of hydrogen-bond donors (Lipinski definition) is 2. The summed E-state index contributed by atoms with van der Waals surface area (Å²) in [6.45, 7) is 6.11. The maximum absolute atomic E-state index is 12.6. The molecule has 0 atom stereocenters. The van der Waals surface area contributed by atoms with Crippen LogP contribution >= 0.6 is 11.3 Å². The van der Waals surface area contributed by atoms with E-state index in [1.165, 1.54) is 23.8 Å². The lowest BCUT2D eigenvalue weighted by atomic mass is 10.1. The van der Waals surface area contributed by atoms with Crippen molar-refractivity contribution in [2.75, 3.05) is 5.32 Å². The number of amides is 2. The summed E-state index contributed by atoms with van der Waals surface area (Å²) in [5.74, 6) is -0.281. The van der Waals surface area contributed by atoms with Crippen LogP contribution < -0.4 is 10.6 Å². The highest BCUT2D eigenvalue weighted by Crippen LogP contribution is 2.31. The normalized spacial score (nSPS) is 10.6. The predicted octanol–water partition coefficient (Wildman–Crippen LogP) is 4.96. The third kappa shape index (κ3) is 5.51. The fourth-order valence-corrected chi connectivity index (χ4v) is 3.84. The lowest BCUT2D eigenvalue weighted by Gasteiger charge is -2.05. The van der Waals surface area contributed by atoms with Crippen molar-refractivity contribution in [3.63, 3.8) is 0 Å². The molecule has 0 bridgehead atoms. The number of aryl methyl sites for hydroxylation is 2. The van der Waals surface area contributed by atoms with Gasteiger partial charge in [0.2, 0.25) is 5.91 Å². The number of anilines is 1. The summed E-state index contributed by atoms with van der Waals surface area (Å²) in [7, 11) is 0. The monoisotopic (exact) mass is 407 g/mol. The Kier molecular flexibility index (Phi) is 6.77. The molecule has 0 aliphatic heterocycles. The van der Waals surface area contributed by atoms with Crippen LogP contribution in [-0.2, 0) is 17.8 Å². The van der Waals surface area contributed by atoms with Gasteiger partial charge in [0.1, 0.15) is 0 Å². The van der Waals surface area contributed by atoms with Gasteiger partial charge < -0.3 is 5.32 Å². The summed E-state index contributed by atoms with van der Waals surface area (Å²) in [5, 5.41) is 6.21. The fraction of sp³-hybridized carbons (Fsp3) is 0.261. The van der Waals surface area contributed by atoms with Crippen LogP contribution in [-0.4, -0.2) is 16.8 Å². The summed E-state index contributed by atoms with van der Waals surface area (Å²) in [6, 6.07) is 15.6. The highest BCUT2D eigenvalue weighted by atomic mass is 32.1. The molecule has 3 rings (SSSR count). The minimum Gasteiger partial charge on any atom is -0.352 e. The third-order valence-corrected chi connectivity index (χ3v) is 5.43. The van der Waals surface area contributed by atoms with Crippen LogP contribution in [0.4, 0.5) is 5.13 Å². The van der Waals surface area contributed by atoms with Gasteiger partial charge in [-0.05, 0) is 36.6 Å². The van der Waals surface area contributed by atoms with Crippen LogP contribution in [0.25, 0.3) is 11.3 Å². The maximum Gasteiger partial charge on any atom is 0.257 e. The first-order chi connectivity index (χ1) is 14.0. The highest BCUT2D eigenvalue weighted by molar-refractivity contribution is 7.16. The van der Waals surface area contributed by atoms with Crippen LogP contribution in [0.2, 0.25) is 0 Å². The quantitative estimate of drug-likeness (QED) is 0.581. The van der Waals surface area contributed by atoms with Gasteiger partial charge in [0.05, 0.1) is 5.69 Å². The Labute approximate surface area is 175 Å². The molecule has 2 amide bonds. The molecule has 0 fully saturated rings. The minimum atomic E-state index is -0.199. The Bertz CT molecular complexity index is 992. The first-order valence-corrected chi connectivity index (χ1v) is 10.5. The number of carbonyl (C=O) groups excluding carboxylic acids is 2. The van der Waals surface area contributed by atoms with Crippen molar-refractivity contribution in [3.8, 4) is 11.3 Å². The van der Waals surface area contributed by atoms with E-state index in [4.69, 9.17) is 0 Å². The lowest BCUT2D eigenvalue weighted by molar-refractivity contribution is -0.119. The van der Waals surface area contributed by atoms with Gasteiger partial charge in [0.15, 0.2) is 5.13 Å². The summed E-state index contributed by atoms with van der Waals surface area (Å²) in [6.07, 6.45) is 2.20. The van der Waals surface area contributed by atoms with Crippen molar-refractivity contribution in [3.05, 3.63) is 70.1 Å². The van der Waals surface area contributed by atoms with Crippen molar-refractivity contribution in [1.29, 1.82) is 0 Å². The van der Waals surface area contributed by atoms with Crippen molar-refractivity contribution in [2.45, 2.75) is 40.2 Å². The molecular formula is C23H25N3O2S. The first kappa shape index (κ1) is 20.7. The lowest BCUT2D eigenvalue weighted by Crippen LogP contribution is -2.19. The number of rotatable bonds is 7. The highest BCUT2D eigenvalue weighted by Gasteiger charge is 2.13. The van der Waals surface area contributed by atoms with Crippen molar-refractivity contribution in [2.24, 2.45) is 0 Å². The van der Waals surface area contributed by atoms with Gasteiger partial charge >= 0.3 is 0 Å². The largest absolute Gasteiger partial charge is 0.352 e. The molecule has 1 aromatic heterocycles. The molecule has 1 heterocycles. The smallest absolute Gasteiger partial charge is 0.257 e. The molecule has 0 aliphatic rings. The number of thiazole rings is 1. The van der Waals surface area contributed by atoms with E-state index in [1.807, 2.05) is 19.1 Å². The SMILES string of the molecule is CCCc1ccc(-c2nc(NC(=O)c3ccc(CNC(C)=O)cc3)sc2C)cc1. The zero-order chi connectivity index (χ0) is 20.8. The van der Waals surface area contributed by atoms with Crippen molar-refractivity contribution >= 4 is 28.3 Å². The topological polar surface area (TPSA) is 71.1 Å². The van der Waals surface area contributed by atoms with Crippen LogP contribution in [0, 0.1) is 6.92 Å². The summed E-state index contributed by atoms with van der Waals surface area (Å²) in [4.78, 5) is 29.2. The van der Waals surface area contributed by atoms with E-state index >= 15 is 0 Å². The average Bonchev–Trinajstić information content (AvgIpc) is 3.07. The van der Waals surface area contributed by atoms with Crippen LogP contribution in [0.15, 0.2) is 48.5 Å². The van der Waals surface area contributed by atoms with E-state index in [-0.39, 0.29) is 11.8 Å². The maximum atomic E-state index is 12.6. The zero-order valence-corrected chi connectivity index (χ0v) is 17.7. The second-order valence-corrected chi connectivity index (χ2v) is 8.13. The molecule has 3 aromatic rings. The van der Waals surface area contributed by atoms with E-state index < -0.39 is 0 Å². The Morgan fingerprint density at radius 1 is 1.00 bits per heavy atom. The van der Waals surface area contributed by atoms with Crippen LogP contribution in [0.5, 0.6) is 0 Å². The Morgan fingerprint density at radius 2 is 1.66 bits per heavy atom. The number of nitrogens with one attached hydrogen (secondary N) is 2. The molecule has 6 heteroatoms. The second-order valence-electron chi connectivity index (χ2n) is 6.93. The molecule has 0 unspecified atom stereocenters. The van der Waals surface area contributed by atoms with Crippen LogP contribution in [0.3, 0.4) is 0 Å². The van der Waals surface area contributed by atoms with Gasteiger partial charge in [-0.15, -0.1) is 11.3 Å². The molecular weight excluding hydrogens is 382 g/mol. The average molecular weight is 408 g/mol. The molecule has 2 aromatic carbocycles. The van der Waals surface area contributed by atoms with Gasteiger partial charge in [-0.25, -0.2) is 4.98 Å². The second kappa shape index (κ2) is 9.47. The van der Waals surface area contributed by atoms with Crippen LogP contribution in [0.1, 0.15) is 46.6 Å². The standard InChI is InChI=1S/C23H25N3O2S/c1-4-5-17-6-10-19(11-7-17)21-15(2)29-23(25-21)26-22(28)20-12-8-18(9-13-20)14-24-16(3)27/h6-13H,4-5,14H2,1-3H3,(H,24,27)(H,25,26,28). The molecule has 0 spiro atoms. The molecule has 29 heavy (non-hydrogen) atoms. The first-order valence-electron chi connectivity index (χ1n) is 9.67. The molecule has 0 saturated heterocycles. The number of carbonyl (C=O) groups is 2. The van der Waals surface area contributed by atoms with Gasteiger partial charge in [0, 0.05) is 29.5 Å². The van der Waals surface area contributed by atoms with Gasteiger partial charge in [0.25, 0.3) is 5.91 Å². The third-order valence-electron chi connectivity index (χ3n) is 4.54. The van der Waals surface area contributed by atoms with E-state index in [2.05, 4.69) is 46.8 Å². The van der Waals surface area contributed by atoms with Gasteiger partial charge in [-0.3, -0.25) is 14.9 Å². The molecule has 5 nitrogen and oxygen atoms in total. The Hall–Kier alpha value is -2.99. The number of aromatic nitrogens is 1. The summed E-state index contributed by atoms with van der Waals surface area (Å²) >= 11 is 1.47. The predicted molar refractivity (Wildman–Crippen MR) is 118 cm³/mol. The van der Waals surface area contributed by atoms with E-state index in [1.54, 1.807) is 12.1 Å². The molecule has 2 N–H and O–H groups in total. The zero-order valence-electron chi connectivity index (χ0n) is 16.9. The minimum absolute atomic E-state index is 0.0817. The number of benzene rings is 2. The van der Waals surface area contributed by atoms with Gasteiger partial charge in [-0.1, -0.05) is 49.7 Å². The molecule has 0 aliphatic carbocycles. The Balaban J connectivity index is 1.68. The summed E-state index contributed by atoms with van der Waals surface area (Å²) in [5.41, 5.74) is 4.77. The number of hydrogen-bond acceptors (Lipinski definition) is 4. The molecule has 0 radical (unpaired) electrons. The Morgan fingerprint density at radius 3 is 2.28 bits per heavy atom. The summed E-state index contributed by atoms with van der Waals surface area (Å²) < 4.78 is 0. The molecule has 0 saturated carbocycles. The van der Waals surface area contributed by atoms with E-state index in [9.17, 15) is 9.59 Å². The van der Waals surface area contributed by atoms with Crippen molar-refractivity contribution < 1.29 is 9.59 Å². The van der Waals surface area contributed by atoms with E-state index in [0.717, 1.165) is 34.5 Å².